The summed E-state index contributed by atoms with van der Waals surface area (Å²) >= 11 is 1.59. The van der Waals surface area contributed by atoms with Crippen molar-refractivity contribution in [2.24, 2.45) is 5.84 Å². The molecular formula is C12H12N4OS. The number of thioether (sulfide) groups is 1. The molecule has 0 bridgehead atoms. The molecule has 5 nitrogen and oxygen atoms in total. The molecule has 0 unspecified atom stereocenters. The summed E-state index contributed by atoms with van der Waals surface area (Å²) in [6.07, 6.45) is 5.03. The van der Waals surface area contributed by atoms with E-state index in [-0.39, 0.29) is 5.91 Å². The van der Waals surface area contributed by atoms with Crippen LogP contribution in [0.5, 0.6) is 0 Å². The zero-order valence-electron chi connectivity index (χ0n) is 9.54. The van der Waals surface area contributed by atoms with E-state index >= 15 is 0 Å². The molecule has 2 rings (SSSR count). The number of aromatic nitrogens is 2. The molecule has 0 saturated carbocycles. The summed E-state index contributed by atoms with van der Waals surface area (Å²) < 4.78 is 0. The predicted octanol–water partition coefficient (Wildman–Crippen LogP) is 1.37. The summed E-state index contributed by atoms with van der Waals surface area (Å²) in [5.74, 6) is 5.55. The maximum Gasteiger partial charge on any atom is 0.265 e. The quantitative estimate of drug-likeness (QED) is 0.375. The van der Waals surface area contributed by atoms with Gasteiger partial charge in [-0.1, -0.05) is 12.1 Å². The molecule has 0 aliphatic rings. The Hall–Kier alpha value is -1.92. The summed E-state index contributed by atoms with van der Waals surface area (Å²) in [4.78, 5) is 19.4. The van der Waals surface area contributed by atoms with E-state index in [1.807, 2.05) is 12.1 Å². The van der Waals surface area contributed by atoms with Crippen LogP contribution in [0, 0.1) is 0 Å². The third-order valence-electron chi connectivity index (χ3n) is 2.27. The summed E-state index contributed by atoms with van der Waals surface area (Å²) in [5.41, 5.74) is 3.75. The molecule has 0 aliphatic heterocycles. The van der Waals surface area contributed by atoms with Gasteiger partial charge in [-0.25, -0.2) is 10.8 Å². The Balaban J connectivity index is 1.97. The van der Waals surface area contributed by atoms with Crippen molar-refractivity contribution in [2.45, 2.75) is 10.8 Å². The van der Waals surface area contributed by atoms with Crippen molar-refractivity contribution in [1.29, 1.82) is 0 Å². The van der Waals surface area contributed by atoms with Gasteiger partial charge in [-0.3, -0.25) is 15.2 Å². The van der Waals surface area contributed by atoms with Crippen LogP contribution in [0.3, 0.4) is 0 Å². The molecule has 0 spiro atoms. The third-order valence-corrected chi connectivity index (χ3v) is 3.26. The first-order chi connectivity index (χ1) is 8.79. The van der Waals surface area contributed by atoms with Crippen molar-refractivity contribution < 1.29 is 4.79 Å². The van der Waals surface area contributed by atoms with E-state index in [1.165, 1.54) is 0 Å². The van der Waals surface area contributed by atoms with Gasteiger partial charge in [-0.15, -0.1) is 11.8 Å². The van der Waals surface area contributed by atoms with Gasteiger partial charge >= 0.3 is 0 Å². The zero-order valence-corrected chi connectivity index (χ0v) is 10.4. The molecule has 18 heavy (non-hydrogen) atoms. The van der Waals surface area contributed by atoms with E-state index < -0.39 is 0 Å². The number of hydrazine groups is 1. The molecule has 1 amide bonds. The van der Waals surface area contributed by atoms with Crippen LogP contribution >= 0.6 is 11.8 Å². The van der Waals surface area contributed by atoms with Gasteiger partial charge in [0.1, 0.15) is 5.03 Å². The lowest BCUT2D eigenvalue weighted by Crippen LogP contribution is -2.29. The number of nitrogens with zero attached hydrogens (tertiary/aromatic N) is 2. The fourth-order valence-corrected chi connectivity index (χ4v) is 2.13. The number of rotatable bonds is 4. The highest BCUT2D eigenvalue weighted by Crippen LogP contribution is 2.19. The zero-order chi connectivity index (χ0) is 12.8. The van der Waals surface area contributed by atoms with Gasteiger partial charge in [0.05, 0.1) is 6.20 Å². The molecule has 1 heterocycles. The van der Waals surface area contributed by atoms with E-state index in [9.17, 15) is 4.79 Å². The van der Waals surface area contributed by atoms with Crippen molar-refractivity contribution in [3.8, 4) is 0 Å². The molecule has 1 aromatic heterocycles. The van der Waals surface area contributed by atoms with Crippen molar-refractivity contribution in [3.05, 3.63) is 54.0 Å². The van der Waals surface area contributed by atoms with E-state index in [0.29, 0.717) is 5.56 Å². The number of carbonyl (C=O) groups is 1. The Morgan fingerprint density at radius 3 is 2.67 bits per heavy atom. The number of nitrogens with one attached hydrogen (secondary N) is 1. The van der Waals surface area contributed by atoms with E-state index in [4.69, 9.17) is 5.84 Å². The third kappa shape index (κ3) is 3.28. The first kappa shape index (κ1) is 12.5. The van der Waals surface area contributed by atoms with Crippen molar-refractivity contribution in [3.63, 3.8) is 0 Å². The Morgan fingerprint density at radius 1 is 1.28 bits per heavy atom. The molecule has 0 saturated heterocycles. The lowest BCUT2D eigenvalue weighted by Gasteiger charge is -2.03. The summed E-state index contributed by atoms with van der Waals surface area (Å²) in [5, 5.41) is 0.876. The topological polar surface area (TPSA) is 80.9 Å². The van der Waals surface area contributed by atoms with Crippen molar-refractivity contribution in [1.82, 2.24) is 15.4 Å². The van der Waals surface area contributed by atoms with Crippen LogP contribution in [0.2, 0.25) is 0 Å². The van der Waals surface area contributed by atoms with Gasteiger partial charge in [-0.2, -0.15) is 0 Å². The van der Waals surface area contributed by atoms with E-state index in [1.54, 1.807) is 42.5 Å². The molecule has 6 heteroatoms. The number of hydrogen-bond acceptors (Lipinski definition) is 5. The fourth-order valence-electron chi connectivity index (χ4n) is 1.35. The van der Waals surface area contributed by atoms with Gasteiger partial charge in [0.15, 0.2) is 0 Å². The van der Waals surface area contributed by atoms with Crippen LogP contribution in [-0.2, 0) is 5.75 Å². The monoisotopic (exact) mass is 260 g/mol. The maximum atomic E-state index is 11.2. The maximum absolute atomic E-state index is 11.2. The summed E-state index contributed by atoms with van der Waals surface area (Å²) in [6.45, 7) is 0. The lowest BCUT2D eigenvalue weighted by molar-refractivity contribution is 0.0953. The number of hydrogen-bond donors (Lipinski definition) is 2. The molecule has 1 aromatic carbocycles. The molecule has 2 aromatic rings. The highest BCUT2D eigenvalue weighted by Gasteiger charge is 2.03. The molecule has 3 N–H and O–H groups in total. The molecular weight excluding hydrogens is 248 g/mol. The second-order valence-electron chi connectivity index (χ2n) is 3.50. The van der Waals surface area contributed by atoms with Gasteiger partial charge in [0.25, 0.3) is 5.91 Å². The minimum Gasteiger partial charge on any atom is -0.290 e. The lowest BCUT2D eigenvalue weighted by atomic mass is 10.1. The summed E-state index contributed by atoms with van der Waals surface area (Å²) in [6, 6.07) is 7.28. The van der Waals surface area contributed by atoms with Gasteiger partial charge < -0.3 is 0 Å². The molecule has 0 atom stereocenters. The van der Waals surface area contributed by atoms with Gasteiger partial charge in [-0.05, 0) is 17.7 Å². The van der Waals surface area contributed by atoms with Gasteiger partial charge in [0.2, 0.25) is 0 Å². The van der Waals surface area contributed by atoms with Crippen LogP contribution in [-0.4, -0.2) is 15.9 Å². The molecule has 0 aliphatic carbocycles. The molecule has 92 valence electrons. The standard InChI is InChI=1S/C12H12N4OS/c13-16-12(17)10-3-1-9(2-4-10)8-18-11-7-14-5-6-15-11/h1-7H,8,13H2,(H,16,17). The Bertz CT molecular complexity index is 515. The molecule has 0 radical (unpaired) electrons. The average Bonchev–Trinajstić information content (AvgIpc) is 2.46. The van der Waals surface area contributed by atoms with Crippen LogP contribution in [0.15, 0.2) is 47.9 Å². The van der Waals surface area contributed by atoms with Gasteiger partial charge in [0, 0.05) is 23.7 Å². The highest BCUT2D eigenvalue weighted by atomic mass is 32.2. The van der Waals surface area contributed by atoms with Crippen LogP contribution in [0.25, 0.3) is 0 Å². The van der Waals surface area contributed by atoms with E-state index in [2.05, 4.69) is 15.4 Å². The van der Waals surface area contributed by atoms with Crippen LogP contribution < -0.4 is 11.3 Å². The largest absolute Gasteiger partial charge is 0.290 e. The number of amides is 1. The van der Waals surface area contributed by atoms with Crippen LogP contribution in [0.4, 0.5) is 0 Å². The highest BCUT2D eigenvalue weighted by molar-refractivity contribution is 7.98. The number of nitrogens with two attached hydrogens (primary N) is 1. The summed E-state index contributed by atoms with van der Waals surface area (Å²) in [7, 11) is 0. The Kier molecular flexibility index (Phi) is 4.27. The predicted molar refractivity (Wildman–Crippen MR) is 69.7 cm³/mol. The minimum atomic E-state index is -0.289. The van der Waals surface area contributed by atoms with Crippen molar-refractivity contribution >= 4 is 17.7 Å². The smallest absolute Gasteiger partial charge is 0.265 e. The number of carbonyl (C=O) groups excluding carboxylic acids is 1. The number of benzene rings is 1. The Morgan fingerprint density at radius 2 is 2.06 bits per heavy atom. The normalized spacial score (nSPS) is 10.1. The SMILES string of the molecule is NNC(=O)c1ccc(CSc2cnccn2)cc1. The Labute approximate surface area is 109 Å². The van der Waals surface area contributed by atoms with Crippen molar-refractivity contribution in [2.75, 3.05) is 0 Å². The number of nitrogen functional groups attached to an aromatic ring is 1. The molecule has 0 fully saturated rings. The first-order valence-electron chi connectivity index (χ1n) is 5.28. The minimum absolute atomic E-state index is 0.289. The van der Waals surface area contributed by atoms with Crippen LogP contribution in [0.1, 0.15) is 15.9 Å². The average molecular weight is 260 g/mol. The fraction of sp³-hybridized carbons (Fsp3) is 0.0833. The second-order valence-corrected chi connectivity index (χ2v) is 4.50. The first-order valence-corrected chi connectivity index (χ1v) is 6.27. The second kappa shape index (κ2) is 6.13. The van der Waals surface area contributed by atoms with E-state index in [0.717, 1.165) is 16.3 Å².